The van der Waals surface area contributed by atoms with Gasteiger partial charge in [0.15, 0.2) is 0 Å². The van der Waals surface area contributed by atoms with Crippen LogP contribution in [-0.2, 0) is 4.79 Å². The van der Waals surface area contributed by atoms with Gasteiger partial charge in [-0.05, 0) is 20.3 Å². The van der Waals surface area contributed by atoms with Crippen molar-refractivity contribution < 1.29 is 9.90 Å². The molecule has 10 heavy (non-hydrogen) atoms. The molecule has 0 radical (unpaired) electrons. The molecule has 0 aliphatic rings. The molecule has 0 fully saturated rings. The zero-order valence-corrected chi connectivity index (χ0v) is 7.68. The molecular formula is C7H11BrO2. The molecule has 0 aliphatic carbocycles. The van der Waals surface area contributed by atoms with Crippen molar-refractivity contribution in [2.24, 2.45) is 0 Å². The number of carboxylic acids is 1. The lowest BCUT2D eigenvalue weighted by Gasteiger charge is -2.11. The van der Waals surface area contributed by atoms with E-state index in [0.29, 0.717) is 0 Å². The minimum atomic E-state index is -0.892. The van der Waals surface area contributed by atoms with Crippen molar-refractivity contribution in [2.45, 2.75) is 24.6 Å². The molecule has 2 nitrogen and oxygen atoms in total. The summed E-state index contributed by atoms with van der Waals surface area (Å²) in [6, 6.07) is 0. The van der Waals surface area contributed by atoms with E-state index in [0.717, 1.165) is 12.5 Å². The maximum atomic E-state index is 9.98. The fraction of sp³-hybridized carbons (Fsp3) is 0.571. The number of alkyl halides is 1. The van der Waals surface area contributed by atoms with Gasteiger partial charge in [-0.3, -0.25) is 0 Å². The molecule has 0 aromatic rings. The third kappa shape index (κ3) is 7.69. The van der Waals surface area contributed by atoms with Gasteiger partial charge in [-0.25, -0.2) is 4.79 Å². The first-order valence-electron chi connectivity index (χ1n) is 3.00. The molecule has 58 valence electrons. The van der Waals surface area contributed by atoms with E-state index in [-0.39, 0.29) is 4.32 Å². The first kappa shape index (κ1) is 9.69. The summed E-state index contributed by atoms with van der Waals surface area (Å²) in [6.07, 6.45) is 3.51. The van der Waals surface area contributed by atoms with E-state index in [1.54, 1.807) is 6.08 Å². The Morgan fingerprint density at radius 3 is 2.50 bits per heavy atom. The molecular weight excluding hydrogens is 196 g/mol. The van der Waals surface area contributed by atoms with Crippen molar-refractivity contribution in [2.75, 3.05) is 0 Å². The number of allylic oxidation sites excluding steroid dienone is 1. The van der Waals surface area contributed by atoms with Crippen molar-refractivity contribution in [1.29, 1.82) is 0 Å². The standard InChI is InChI=1S/C7H11BrO2/c1-7(2,8)5-3-4-6(9)10/h3-4H,5H2,1-2H3,(H,9,10)/b4-3+. The fourth-order valence-electron chi connectivity index (χ4n) is 0.440. The van der Waals surface area contributed by atoms with Gasteiger partial charge in [0.2, 0.25) is 0 Å². The summed E-state index contributed by atoms with van der Waals surface area (Å²) in [5.41, 5.74) is 0. The van der Waals surface area contributed by atoms with E-state index >= 15 is 0 Å². The lowest BCUT2D eigenvalue weighted by Crippen LogP contribution is -2.06. The van der Waals surface area contributed by atoms with Crippen molar-refractivity contribution in [3.05, 3.63) is 12.2 Å². The third-order valence-electron chi connectivity index (χ3n) is 0.864. The van der Waals surface area contributed by atoms with E-state index in [2.05, 4.69) is 15.9 Å². The highest BCUT2D eigenvalue weighted by atomic mass is 79.9. The van der Waals surface area contributed by atoms with E-state index in [9.17, 15) is 4.79 Å². The van der Waals surface area contributed by atoms with E-state index in [1.807, 2.05) is 13.8 Å². The van der Waals surface area contributed by atoms with Crippen molar-refractivity contribution in [3.63, 3.8) is 0 Å². The zero-order valence-electron chi connectivity index (χ0n) is 6.10. The van der Waals surface area contributed by atoms with Gasteiger partial charge in [-0.2, -0.15) is 0 Å². The highest BCUT2D eigenvalue weighted by Crippen LogP contribution is 2.20. The minimum Gasteiger partial charge on any atom is -0.478 e. The molecule has 0 amide bonds. The van der Waals surface area contributed by atoms with Crippen LogP contribution in [0.5, 0.6) is 0 Å². The molecule has 0 heterocycles. The fourth-order valence-corrected chi connectivity index (χ4v) is 0.627. The van der Waals surface area contributed by atoms with Gasteiger partial charge in [0, 0.05) is 10.4 Å². The molecule has 1 N–H and O–H groups in total. The molecule has 0 bridgehead atoms. The van der Waals surface area contributed by atoms with Gasteiger partial charge in [-0.1, -0.05) is 22.0 Å². The molecule has 0 saturated heterocycles. The lowest BCUT2D eigenvalue weighted by atomic mass is 10.1. The average molecular weight is 207 g/mol. The predicted octanol–water partition coefficient (Wildman–Crippen LogP) is 2.19. The van der Waals surface area contributed by atoms with Crippen molar-refractivity contribution >= 4 is 21.9 Å². The van der Waals surface area contributed by atoms with Crippen LogP contribution in [0, 0.1) is 0 Å². The van der Waals surface area contributed by atoms with Crippen LogP contribution in [0.15, 0.2) is 12.2 Å². The number of carboxylic acid groups (broad SMARTS) is 1. The normalized spacial score (nSPS) is 12.3. The van der Waals surface area contributed by atoms with Gasteiger partial charge in [0.05, 0.1) is 0 Å². The molecule has 0 unspecified atom stereocenters. The van der Waals surface area contributed by atoms with E-state index in [4.69, 9.17) is 5.11 Å². The Morgan fingerprint density at radius 2 is 2.20 bits per heavy atom. The Labute approximate surface area is 69.1 Å². The van der Waals surface area contributed by atoms with Crippen LogP contribution in [0.4, 0.5) is 0 Å². The quantitative estimate of drug-likeness (QED) is 0.568. The van der Waals surface area contributed by atoms with Gasteiger partial charge < -0.3 is 5.11 Å². The van der Waals surface area contributed by atoms with Gasteiger partial charge in [0.25, 0.3) is 0 Å². The molecule has 0 spiro atoms. The summed E-state index contributed by atoms with van der Waals surface area (Å²) in [5.74, 6) is -0.892. The summed E-state index contributed by atoms with van der Waals surface area (Å²) < 4.78 is -0.00104. The summed E-state index contributed by atoms with van der Waals surface area (Å²) in [7, 11) is 0. The lowest BCUT2D eigenvalue weighted by molar-refractivity contribution is -0.131. The molecule has 0 aromatic carbocycles. The third-order valence-corrected chi connectivity index (χ3v) is 1.19. The second-order valence-corrected chi connectivity index (χ2v) is 4.81. The predicted molar refractivity (Wildman–Crippen MR) is 44.4 cm³/mol. The van der Waals surface area contributed by atoms with Crippen LogP contribution >= 0.6 is 15.9 Å². The molecule has 0 atom stereocenters. The van der Waals surface area contributed by atoms with Crippen molar-refractivity contribution in [3.8, 4) is 0 Å². The topological polar surface area (TPSA) is 37.3 Å². The summed E-state index contributed by atoms with van der Waals surface area (Å²) >= 11 is 3.38. The Kier molecular flexibility index (Phi) is 3.64. The Hall–Kier alpha value is -0.310. The largest absolute Gasteiger partial charge is 0.478 e. The number of rotatable bonds is 3. The van der Waals surface area contributed by atoms with E-state index < -0.39 is 5.97 Å². The second kappa shape index (κ2) is 3.76. The maximum Gasteiger partial charge on any atom is 0.327 e. The zero-order chi connectivity index (χ0) is 8.20. The van der Waals surface area contributed by atoms with Gasteiger partial charge >= 0.3 is 5.97 Å². The van der Waals surface area contributed by atoms with Crippen LogP contribution in [0.2, 0.25) is 0 Å². The number of hydrogen-bond acceptors (Lipinski definition) is 1. The first-order valence-corrected chi connectivity index (χ1v) is 3.79. The molecule has 0 aliphatic heterocycles. The van der Waals surface area contributed by atoms with Crippen LogP contribution in [0.1, 0.15) is 20.3 Å². The minimum absolute atomic E-state index is 0.00104. The SMILES string of the molecule is CC(C)(Br)C/C=C/C(=O)O. The Morgan fingerprint density at radius 1 is 1.70 bits per heavy atom. The highest BCUT2D eigenvalue weighted by molar-refractivity contribution is 9.10. The van der Waals surface area contributed by atoms with Gasteiger partial charge in [-0.15, -0.1) is 0 Å². The molecule has 0 saturated carbocycles. The number of carbonyl (C=O) groups is 1. The summed E-state index contributed by atoms with van der Waals surface area (Å²) in [5, 5.41) is 8.21. The molecule has 0 aromatic heterocycles. The van der Waals surface area contributed by atoms with E-state index in [1.165, 1.54) is 0 Å². The van der Waals surface area contributed by atoms with Crippen LogP contribution < -0.4 is 0 Å². The average Bonchev–Trinajstić information content (AvgIpc) is 1.59. The van der Waals surface area contributed by atoms with Crippen molar-refractivity contribution in [1.82, 2.24) is 0 Å². The number of halogens is 1. The second-order valence-electron chi connectivity index (χ2n) is 2.66. The summed E-state index contributed by atoms with van der Waals surface area (Å²) in [4.78, 5) is 9.98. The molecule has 3 heteroatoms. The van der Waals surface area contributed by atoms with Crippen LogP contribution in [0.3, 0.4) is 0 Å². The first-order chi connectivity index (χ1) is 4.42. The van der Waals surface area contributed by atoms with Gasteiger partial charge in [0.1, 0.15) is 0 Å². The maximum absolute atomic E-state index is 9.98. The highest BCUT2D eigenvalue weighted by Gasteiger charge is 2.08. The molecule has 0 rings (SSSR count). The Bertz CT molecular complexity index is 144. The number of hydrogen-bond donors (Lipinski definition) is 1. The number of aliphatic carboxylic acids is 1. The monoisotopic (exact) mass is 206 g/mol. The Balaban J connectivity index is 3.64. The van der Waals surface area contributed by atoms with Crippen LogP contribution in [-0.4, -0.2) is 15.4 Å². The van der Waals surface area contributed by atoms with Crippen LogP contribution in [0.25, 0.3) is 0 Å². The smallest absolute Gasteiger partial charge is 0.327 e. The summed E-state index contributed by atoms with van der Waals surface area (Å²) in [6.45, 7) is 3.97.